The topological polar surface area (TPSA) is 20.2 Å². The number of halogens is 2. The third kappa shape index (κ3) is 3.48. The van der Waals surface area contributed by atoms with E-state index in [9.17, 15) is 13.9 Å². The average molecular weight is 290 g/mol. The lowest BCUT2D eigenvalue weighted by molar-refractivity contribution is 0.0566. The molecular weight excluding hydrogens is 270 g/mol. The molecular formula is C18H20F2O. The van der Waals surface area contributed by atoms with Gasteiger partial charge in [0.05, 0.1) is 5.60 Å². The van der Waals surface area contributed by atoms with Gasteiger partial charge in [0.2, 0.25) is 0 Å². The van der Waals surface area contributed by atoms with Crippen LogP contribution in [0.15, 0.2) is 30.3 Å². The Labute approximate surface area is 124 Å². The molecule has 0 saturated heterocycles. The standard InChI is InChI=1S/C18H20F2O/c1-11-5-12(2)17(13(3)6-11)10-18(4,21)14-7-15(19)9-16(20)8-14/h5-9,21H,10H2,1-4H3. The van der Waals surface area contributed by atoms with Crippen molar-refractivity contribution in [2.75, 3.05) is 0 Å². The highest BCUT2D eigenvalue weighted by Gasteiger charge is 2.26. The minimum Gasteiger partial charge on any atom is -0.385 e. The minimum absolute atomic E-state index is 0.249. The summed E-state index contributed by atoms with van der Waals surface area (Å²) in [6.45, 7) is 7.57. The smallest absolute Gasteiger partial charge is 0.126 e. The molecule has 1 nitrogen and oxygen atoms in total. The Morgan fingerprint density at radius 3 is 1.86 bits per heavy atom. The molecule has 2 aromatic rings. The van der Waals surface area contributed by atoms with Gasteiger partial charge >= 0.3 is 0 Å². The van der Waals surface area contributed by atoms with Gasteiger partial charge in [0, 0.05) is 12.5 Å². The maximum absolute atomic E-state index is 13.4. The molecule has 112 valence electrons. The fourth-order valence-corrected chi connectivity index (χ4v) is 2.80. The Morgan fingerprint density at radius 2 is 1.38 bits per heavy atom. The maximum Gasteiger partial charge on any atom is 0.126 e. The van der Waals surface area contributed by atoms with E-state index in [2.05, 4.69) is 0 Å². The van der Waals surface area contributed by atoms with Gasteiger partial charge in [-0.25, -0.2) is 8.78 Å². The highest BCUT2D eigenvalue weighted by molar-refractivity contribution is 5.39. The molecule has 1 atom stereocenters. The van der Waals surface area contributed by atoms with E-state index < -0.39 is 17.2 Å². The van der Waals surface area contributed by atoms with Crippen molar-refractivity contribution in [3.05, 3.63) is 69.8 Å². The van der Waals surface area contributed by atoms with E-state index in [4.69, 9.17) is 0 Å². The van der Waals surface area contributed by atoms with Gasteiger partial charge in [-0.3, -0.25) is 0 Å². The number of aryl methyl sites for hydroxylation is 3. The molecule has 3 heteroatoms. The van der Waals surface area contributed by atoms with Crippen molar-refractivity contribution < 1.29 is 13.9 Å². The molecule has 0 aromatic heterocycles. The zero-order valence-corrected chi connectivity index (χ0v) is 12.8. The molecule has 0 radical (unpaired) electrons. The summed E-state index contributed by atoms with van der Waals surface area (Å²) < 4.78 is 26.7. The van der Waals surface area contributed by atoms with Crippen LogP contribution in [-0.4, -0.2) is 5.11 Å². The monoisotopic (exact) mass is 290 g/mol. The van der Waals surface area contributed by atoms with Crippen LogP contribution in [0.1, 0.15) is 34.7 Å². The van der Waals surface area contributed by atoms with Gasteiger partial charge in [-0.1, -0.05) is 17.7 Å². The van der Waals surface area contributed by atoms with E-state index in [1.165, 1.54) is 12.1 Å². The third-order valence-electron chi connectivity index (χ3n) is 3.85. The van der Waals surface area contributed by atoms with Crippen LogP contribution in [0.25, 0.3) is 0 Å². The first-order chi connectivity index (χ1) is 9.69. The van der Waals surface area contributed by atoms with Crippen LogP contribution in [-0.2, 0) is 12.0 Å². The molecule has 2 aromatic carbocycles. The van der Waals surface area contributed by atoms with Crippen molar-refractivity contribution >= 4 is 0 Å². The minimum atomic E-state index is -1.33. The van der Waals surface area contributed by atoms with Gasteiger partial charge in [0.25, 0.3) is 0 Å². The number of rotatable bonds is 3. The highest BCUT2D eigenvalue weighted by Crippen LogP contribution is 2.29. The number of hydrogen-bond donors (Lipinski definition) is 1. The zero-order chi connectivity index (χ0) is 15.8. The van der Waals surface area contributed by atoms with E-state index in [1.54, 1.807) is 6.92 Å². The Morgan fingerprint density at radius 1 is 0.905 bits per heavy atom. The molecule has 0 aliphatic heterocycles. The Balaban J connectivity index is 2.41. The number of benzene rings is 2. The van der Waals surface area contributed by atoms with Gasteiger partial charge in [-0.2, -0.15) is 0 Å². The summed E-state index contributed by atoms with van der Waals surface area (Å²) in [6.07, 6.45) is 0.313. The molecule has 21 heavy (non-hydrogen) atoms. The number of hydrogen-bond acceptors (Lipinski definition) is 1. The van der Waals surface area contributed by atoms with Crippen LogP contribution in [0.3, 0.4) is 0 Å². The second-order valence-corrected chi connectivity index (χ2v) is 5.99. The molecule has 0 fully saturated rings. The molecule has 1 N–H and O–H groups in total. The summed E-state index contributed by atoms with van der Waals surface area (Å²) in [4.78, 5) is 0. The summed E-state index contributed by atoms with van der Waals surface area (Å²) in [7, 11) is 0. The second kappa shape index (κ2) is 5.57. The lowest BCUT2D eigenvalue weighted by atomic mass is 9.85. The molecule has 0 amide bonds. The summed E-state index contributed by atoms with van der Waals surface area (Å²) in [6, 6.07) is 7.26. The lowest BCUT2D eigenvalue weighted by Crippen LogP contribution is -2.25. The zero-order valence-electron chi connectivity index (χ0n) is 12.8. The third-order valence-corrected chi connectivity index (χ3v) is 3.85. The van der Waals surface area contributed by atoms with Gasteiger partial charge in [-0.05, 0) is 62.1 Å². The van der Waals surface area contributed by atoms with E-state index in [0.29, 0.717) is 6.42 Å². The molecule has 0 spiro atoms. The van der Waals surface area contributed by atoms with E-state index in [-0.39, 0.29) is 5.56 Å². The summed E-state index contributed by atoms with van der Waals surface area (Å²) in [5.74, 6) is -1.36. The Kier molecular flexibility index (Phi) is 4.15. The quantitative estimate of drug-likeness (QED) is 0.891. The molecule has 2 rings (SSSR count). The number of aliphatic hydroxyl groups is 1. The first-order valence-corrected chi connectivity index (χ1v) is 6.95. The van der Waals surface area contributed by atoms with E-state index >= 15 is 0 Å². The predicted octanol–water partition coefficient (Wildman–Crippen LogP) is 4.34. The largest absolute Gasteiger partial charge is 0.385 e. The molecule has 0 heterocycles. The first-order valence-electron chi connectivity index (χ1n) is 6.95. The SMILES string of the molecule is Cc1cc(C)c(CC(C)(O)c2cc(F)cc(F)c2)c(C)c1. The van der Waals surface area contributed by atoms with Crippen molar-refractivity contribution in [1.29, 1.82) is 0 Å². The van der Waals surface area contributed by atoms with Crippen molar-refractivity contribution in [3.8, 4) is 0 Å². The highest BCUT2D eigenvalue weighted by atomic mass is 19.1. The lowest BCUT2D eigenvalue weighted by Gasteiger charge is -2.26. The van der Waals surface area contributed by atoms with Crippen LogP contribution >= 0.6 is 0 Å². The van der Waals surface area contributed by atoms with E-state index in [0.717, 1.165) is 28.3 Å². The predicted molar refractivity (Wildman–Crippen MR) is 80.3 cm³/mol. The maximum atomic E-state index is 13.4. The Bertz CT molecular complexity index is 632. The summed E-state index contributed by atoms with van der Waals surface area (Å²) in [5.41, 5.74) is 3.24. The van der Waals surface area contributed by atoms with Crippen LogP contribution < -0.4 is 0 Å². The van der Waals surface area contributed by atoms with Crippen LogP contribution in [0.2, 0.25) is 0 Å². The van der Waals surface area contributed by atoms with Crippen molar-refractivity contribution in [2.45, 2.75) is 39.7 Å². The summed E-state index contributed by atoms with van der Waals surface area (Å²) in [5, 5.41) is 10.7. The first kappa shape index (κ1) is 15.6. The molecule has 0 saturated carbocycles. The van der Waals surface area contributed by atoms with Crippen LogP contribution in [0.5, 0.6) is 0 Å². The van der Waals surface area contributed by atoms with Crippen LogP contribution in [0.4, 0.5) is 8.78 Å². The fraction of sp³-hybridized carbons (Fsp3) is 0.333. The van der Waals surface area contributed by atoms with Gasteiger partial charge < -0.3 is 5.11 Å². The summed E-state index contributed by atoms with van der Waals surface area (Å²) >= 11 is 0. The van der Waals surface area contributed by atoms with Crippen molar-refractivity contribution in [2.24, 2.45) is 0 Å². The molecule has 0 aliphatic carbocycles. The fourth-order valence-electron chi connectivity index (χ4n) is 2.80. The second-order valence-electron chi connectivity index (χ2n) is 5.99. The van der Waals surface area contributed by atoms with Gasteiger partial charge in [0.15, 0.2) is 0 Å². The molecule has 1 unspecified atom stereocenters. The molecule has 0 bridgehead atoms. The van der Waals surface area contributed by atoms with Gasteiger partial charge in [0.1, 0.15) is 11.6 Å². The van der Waals surface area contributed by atoms with Crippen LogP contribution in [0, 0.1) is 32.4 Å². The normalized spacial score (nSPS) is 14.0. The van der Waals surface area contributed by atoms with Crippen molar-refractivity contribution in [3.63, 3.8) is 0 Å². The van der Waals surface area contributed by atoms with Gasteiger partial charge in [-0.15, -0.1) is 0 Å². The Hall–Kier alpha value is -1.74. The molecule has 0 aliphatic rings. The van der Waals surface area contributed by atoms with E-state index in [1.807, 2.05) is 32.9 Å². The van der Waals surface area contributed by atoms with Crippen molar-refractivity contribution in [1.82, 2.24) is 0 Å². The average Bonchev–Trinajstić information content (AvgIpc) is 2.32.